The molecule has 0 aromatic rings. The lowest BCUT2D eigenvalue weighted by Gasteiger charge is -2.33. The highest BCUT2D eigenvalue weighted by Crippen LogP contribution is 2.20. The van der Waals surface area contributed by atoms with E-state index in [2.05, 4.69) is 24.1 Å². The van der Waals surface area contributed by atoms with E-state index in [9.17, 15) is 5.11 Å². The first kappa shape index (κ1) is 14.9. The number of rotatable bonds is 7. The van der Waals surface area contributed by atoms with Gasteiger partial charge in [0.15, 0.2) is 0 Å². The molecule has 0 aromatic carbocycles. The highest BCUT2D eigenvalue weighted by Gasteiger charge is 2.21. The smallest absolute Gasteiger partial charge is 0.0610 e. The van der Waals surface area contributed by atoms with E-state index in [4.69, 9.17) is 0 Å². The number of nitrogens with zero attached hydrogens (tertiary/aromatic N) is 1. The molecule has 0 amide bonds. The van der Waals surface area contributed by atoms with Crippen molar-refractivity contribution in [2.75, 3.05) is 33.3 Å². The van der Waals surface area contributed by atoms with Crippen LogP contribution in [0.4, 0.5) is 0 Å². The maximum Gasteiger partial charge on any atom is 0.0610 e. The molecule has 3 heteroatoms. The van der Waals surface area contributed by atoms with Gasteiger partial charge in [-0.25, -0.2) is 0 Å². The Kier molecular flexibility index (Phi) is 6.45. The van der Waals surface area contributed by atoms with Crippen molar-refractivity contribution in [2.24, 2.45) is 5.92 Å². The number of piperidine rings is 1. The molecule has 1 fully saturated rings. The summed E-state index contributed by atoms with van der Waals surface area (Å²) in [7, 11) is 1.93. The van der Waals surface area contributed by atoms with Gasteiger partial charge in [0.1, 0.15) is 0 Å². The molecule has 1 saturated heterocycles. The Hall–Kier alpha value is -0.120. The number of nitrogens with one attached hydrogen (secondary N) is 1. The minimum atomic E-state index is -0.0955. The molecule has 1 unspecified atom stereocenters. The third-order valence-corrected chi connectivity index (χ3v) is 4.44. The molecule has 3 nitrogen and oxygen atoms in total. The zero-order chi connectivity index (χ0) is 12.7. The van der Waals surface area contributed by atoms with Crippen LogP contribution in [-0.4, -0.2) is 48.8 Å². The van der Waals surface area contributed by atoms with E-state index in [0.29, 0.717) is 0 Å². The number of aliphatic hydroxyl groups is 1. The Balaban J connectivity index is 2.15. The highest BCUT2D eigenvalue weighted by atomic mass is 16.3. The van der Waals surface area contributed by atoms with Crippen molar-refractivity contribution in [1.29, 1.82) is 0 Å². The van der Waals surface area contributed by atoms with Gasteiger partial charge >= 0.3 is 0 Å². The lowest BCUT2D eigenvalue weighted by molar-refractivity contribution is 0.149. The fourth-order valence-corrected chi connectivity index (χ4v) is 2.59. The molecular formula is C14H30N2O. The maximum atomic E-state index is 9.31. The van der Waals surface area contributed by atoms with Crippen LogP contribution in [0.2, 0.25) is 0 Å². The number of hydrogen-bond donors (Lipinski definition) is 2. The summed E-state index contributed by atoms with van der Waals surface area (Å²) < 4.78 is 0. The summed E-state index contributed by atoms with van der Waals surface area (Å²) in [4.78, 5) is 2.58. The predicted molar refractivity (Wildman–Crippen MR) is 73.2 cm³/mol. The van der Waals surface area contributed by atoms with Gasteiger partial charge in [0.2, 0.25) is 0 Å². The van der Waals surface area contributed by atoms with Crippen LogP contribution in [0.25, 0.3) is 0 Å². The standard InChI is InChI=1S/C14H30N2O/c1-4-13-6-10-16(11-7-13)9-5-8-14(2,12-17)15-3/h13,15,17H,4-12H2,1-3H3. The van der Waals surface area contributed by atoms with Crippen LogP contribution in [0.3, 0.4) is 0 Å². The Labute approximate surface area is 107 Å². The molecule has 1 atom stereocenters. The SMILES string of the molecule is CCC1CCN(CCCC(C)(CO)NC)CC1. The van der Waals surface area contributed by atoms with Crippen LogP contribution in [0.5, 0.6) is 0 Å². The molecule has 0 aromatic heterocycles. The second-order valence-corrected chi connectivity index (χ2v) is 5.77. The predicted octanol–water partition coefficient (Wildman–Crippen LogP) is 1.86. The van der Waals surface area contributed by atoms with E-state index in [1.165, 1.54) is 45.3 Å². The van der Waals surface area contributed by atoms with E-state index in [1.807, 2.05) is 7.05 Å². The minimum absolute atomic E-state index is 0.0955. The number of likely N-dealkylation sites (N-methyl/N-ethyl adjacent to an activating group) is 1. The van der Waals surface area contributed by atoms with Crippen LogP contribution in [0, 0.1) is 5.92 Å². The van der Waals surface area contributed by atoms with Gasteiger partial charge in [-0.2, -0.15) is 0 Å². The molecule has 1 heterocycles. The fraction of sp³-hybridized carbons (Fsp3) is 1.00. The molecule has 0 saturated carbocycles. The topological polar surface area (TPSA) is 35.5 Å². The number of aliphatic hydroxyl groups excluding tert-OH is 1. The van der Waals surface area contributed by atoms with Gasteiger partial charge in [-0.05, 0) is 65.2 Å². The van der Waals surface area contributed by atoms with Crippen molar-refractivity contribution in [1.82, 2.24) is 10.2 Å². The summed E-state index contributed by atoms with van der Waals surface area (Å²) in [5.74, 6) is 0.964. The van der Waals surface area contributed by atoms with Crippen LogP contribution < -0.4 is 5.32 Å². The molecule has 1 aliphatic rings. The van der Waals surface area contributed by atoms with E-state index in [0.717, 1.165) is 12.3 Å². The third kappa shape index (κ3) is 4.94. The normalized spacial score (nSPS) is 22.6. The summed E-state index contributed by atoms with van der Waals surface area (Å²) in [5.41, 5.74) is -0.0955. The van der Waals surface area contributed by atoms with Gasteiger partial charge < -0.3 is 15.3 Å². The average Bonchev–Trinajstić information content (AvgIpc) is 2.39. The van der Waals surface area contributed by atoms with Crippen molar-refractivity contribution in [2.45, 2.75) is 51.5 Å². The van der Waals surface area contributed by atoms with Crippen molar-refractivity contribution >= 4 is 0 Å². The van der Waals surface area contributed by atoms with E-state index in [-0.39, 0.29) is 12.1 Å². The fourth-order valence-electron chi connectivity index (χ4n) is 2.59. The molecular weight excluding hydrogens is 212 g/mol. The first-order valence-corrected chi connectivity index (χ1v) is 7.15. The van der Waals surface area contributed by atoms with Crippen molar-refractivity contribution in [3.8, 4) is 0 Å². The minimum Gasteiger partial charge on any atom is -0.394 e. The first-order valence-electron chi connectivity index (χ1n) is 7.15. The number of likely N-dealkylation sites (tertiary alicyclic amines) is 1. The molecule has 2 N–H and O–H groups in total. The van der Waals surface area contributed by atoms with Gasteiger partial charge in [0, 0.05) is 5.54 Å². The zero-order valence-electron chi connectivity index (χ0n) is 11.8. The maximum absolute atomic E-state index is 9.31. The van der Waals surface area contributed by atoms with Gasteiger partial charge in [-0.1, -0.05) is 13.3 Å². The Morgan fingerprint density at radius 1 is 1.35 bits per heavy atom. The quantitative estimate of drug-likeness (QED) is 0.715. The van der Waals surface area contributed by atoms with Gasteiger partial charge in [-0.15, -0.1) is 0 Å². The lowest BCUT2D eigenvalue weighted by atomic mass is 9.93. The van der Waals surface area contributed by atoms with Gasteiger partial charge in [0.05, 0.1) is 6.61 Å². The summed E-state index contributed by atoms with van der Waals surface area (Å²) >= 11 is 0. The van der Waals surface area contributed by atoms with Gasteiger partial charge in [-0.3, -0.25) is 0 Å². The van der Waals surface area contributed by atoms with Crippen LogP contribution in [0.1, 0.15) is 46.0 Å². The molecule has 0 spiro atoms. The lowest BCUT2D eigenvalue weighted by Crippen LogP contribution is -2.44. The van der Waals surface area contributed by atoms with E-state index < -0.39 is 0 Å². The summed E-state index contributed by atoms with van der Waals surface area (Å²) in [6.45, 7) is 8.35. The van der Waals surface area contributed by atoms with Crippen LogP contribution in [0.15, 0.2) is 0 Å². The van der Waals surface area contributed by atoms with Gasteiger partial charge in [0.25, 0.3) is 0 Å². The molecule has 0 aliphatic carbocycles. The first-order chi connectivity index (χ1) is 8.13. The van der Waals surface area contributed by atoms with E-state index >= 15 is 0 Å². The largest absolute Gasteiger partial charge is 0.394 e. The Morgan fingerprint density at radius 2 is 2.00 bits per heavy atom. The van der Waals surface area contributed by atoms with Crippen molar-refractivity contribution < 1.29 is 5.11 Å². The average molecular weight is 242 g/mol. The van der Waals surface area contributed by atoms with Crippen molar-refractivity contribution in [3.05, 3.63) is 0 Å². The van der Waals surface area contributed by atoms with Crippen LogP contribution in [-0.2, 0) is 0 Å². The third-order valence-electron chi connectivity index (χ3n) is 4.44. The van der Waals surface area contributed by atoms with Crippen LogP contribution >= 0.6 is 0 Å². The monoisotopic (exact) mass is 242 g/mol. The Morgan fingerprint density at radius 3 is 2.47 bits per heavy atom. The molecule has 1 rings (SSSR count). The molecule has 1 aliphatic heterocycles. The second-order valence-electron chi connectivity index (χ2n) is 5.77. The van der Waals surface area contributed by atoms with E-state index in [1.54, 1.807) is 0 Å². The summed E-state index contributed by atoms with van der Waals surface area (Å²) in [6, 6.07) is 0. The zero-order valence-corrected chi connectivity index (χ0v) is 11.8. The molecule has 17 heavy (non-hydrogen) atoms. The molecule has 0 radical (unpaired) electrons. The summed E-state index contributed by atoms with van der Waals surface area (Å²) in [6.07, 6.45) is 6.32. The Bertz CT molecular complexity index is 196. The molecule has 102 valence electrons. The summed E-state index contributed by atoms with van der Waals surface area (Å²) in [5, 5.41) is 12.5. The molecule has 0 bridgehead atoms. The van der Waals surface area contributed by atoms with Crippen molar-refractivity contribution in [3.63, 3.8) is 0 Å². The second kappa shape index (κ2) is 7.34. The highest BCUT2D eigenvalue weighted by molar-refractivity contribution is 4.81. The number of hydrogen-bond acceptors (Lipinski definition) is 3.